The number of aliphatic imine (C=N–C) groups is 1. The van der Waals surface area contributed by atoms with E-state index in [4.69, 9.17) is 15.2 Å². The molecule has 2 aromatic carbocycles. The minimum Gasteiger partial charge on any atom is -0.457 e. The highest BCUT2D eigenvalue weighted by atomic mass is 127. The molecule has 0 aliphatic carbocycles. The summed E-state index contributed by atoms with van der Waals surface area (Å²) in [5.41, 5.74) is 7.97. The quantitative estimate of drug-likeness (QED) is 0.281. The van der Waals surface area contributed by atoms with Crippen LogP contribution < -0.4 is 20.7 Å². The van der Waals surface area contributed by atoms with E-state index in [0.717, 1.165) is 41.7 Å². The molecule has 7 nitrogen and oxygen atoms in total. The fourth-order valence-electron chi connectivity index (χ4n) is 3.23. The Morgan fingerprint density at radius 2 is 1.81 bits per heavy atom. The van der Waals surface area contributed by atoms with Gasteiger partial charge in [0.05, 0.1) is 19.8 Å². The second-order valence-electron chi connectivity index (χ2n) is 6.85. The van der Waals surface area contributed by atoms with Crippen LogP contribution in [0, 0.1) is 0 Å². The van der Waals surface area contributed by atoms with Gasteiger partial charge in [0.2, 0.25) is 0 Å². The van der Waals surface area contributed by atoms with Gasteiger partial charge in [0, 0.05) is 36.6 Å². The third kappa shape index (κ3) is 6.56. The maximum absolute atomic E-state index is 6.13. The Hall–Kier alpha value is -2.85. The molecule has 0 bridgehead atoms. The number of morpholine rings is 1. The third-order valence-corrected chi connectivity index (χ3v) is 4.68. The number of nitrogens with two attached hydrogens (primary N) is 1. The Morgan fingerprint density at radius 1 is 1.03 bits per heavy atom. The molecule has 3 aromatic rings. The molecular formula is C23H26IN5O2. The van der Waals surface area contributed by atoms with E-state index in [0.29, 0.717) is 25.7 Å². The average Bonchev–Trinajstić information content (AvgIpc) is 2.79. The zero-order valence-corrected chi connectivity index (χ0v) is 19.4. The van der Waals surface area contributed by atoms with Crippen molar-refractivity contribution in [2.45, 2.75) is 6.54 Å². The minimum absolute atomic E-state index is 0. The van der Waals surface area contributed by atoms with Crippen molar-refractivity contribution in [3.05, 3.63) is 78.5 Å². The molecule has 4 rings (SSSR count). The van der Waals surface area contributed by atoms with Crippen molar-refractivity contribution in [2.75, 3.05) is 36.5 Å². The molecule has 3 N–H and O–H groups in total. The molecule has 1 fully saturated rings. The second kappa shape index (κ2) is 11.5. The molecule has 2 heterocycles. The van der Waals surface area contributed by atoms with Crippen molar-refractivity contribution in [3.8, 4) is 11.5 Å². The number of hydrogen-bond donors (Lipinski definition) is 2. The summed E-state index contributed by atoms with van der Waals surface area (Å²) in [7, 11) is 0. The van der Waals surface area contributed by atoms with Crippen LogP contribution in [-0.4, -0.2) is 37.2 Å². The van der Waals surface area contributed by atoms with Crippen LogP contribution in [0.1, 0.15) is 5.56 Å². The van der Waals surface area contributed by atoms with Crippen molar-refractivity contribution < 1.29 is 9.47 Å². The Labute approximate surface area is 199 Å². The topological polar surface area (TPSA) is 85.0 Å². The van der Waals surface area contributed by atoms with Crippen LogP contribution in [-0.2, 0) is 11.3 Å². The zero-order valence-electron chi connectivity index (χ0n) is 17.1. The van der Waals surface area contributed by atoms with Crippen molar-refractivity contribution in [1.29, 1.82) is 0 Å². The second-order valence-corrected chi connectivity index (χ2v) is 6.85. The number of anilines is 2. The lowest BCUT2D eigenvalue weighted by molar-refractivity contribution is 0.122. The molecule has 0 saturated carbocycles. The van der Waals surface area contributed by atoms with E-state index in [1.807, 2.05) is 66.7 Å². The van der Waals surface area contributed by atoms with Crippen molar-refractivity contribution in [2.24, 2.45) is 10.7 Å². The maximum Gasteiger partial charge on any atom is 0.193 e. The summed E-state index contributed by atoms with van der Waals surface area (Å²) in [5, 5.41) is 3.13. The highest BCUT2D eigenvalue weighted by Gasteiger charge is 2.15. The molecule has 0 atom stereocenters. The first kappa shape index (κ1) is 22.8. The first-order chi connectivity index (χ1) is 14.8. The Bertz CT molecular complexity index is 994. The van der Waals surface area contributed by atoms with Crippen LogP contribution >= 0.6 is 24.0 Å². The van der Waals surface area contributed by atoms with Crippen LogP contribution in [0.5, 0.6) is 11.5 Å². The first-order valence-corrected chi connectivity index (χ1v) is 9.94. The molecule has 162 valence electrons. The highest BCUT2D eigenvalue weighted by molar-refractivity contribution is 14.0. The van der Waals surface area contributed by atoms with Crippen molar-refractivity contribution in [1.82, 2.24) is 4.98 Å². The monoisotopic (exact) mass is 531 g/mol. The van der Waals surface area contributed by atoms with Crippen LogP contribution in [0.2, 0.25) is 0 Å². The molecular weight excluding hydrogens is 505 g/mol. The summed E-state index contributed by atoms with van der Waals surface area (Å²) in [5.74, 6) is 2.78. The number of aromatic nitrogens is 1. The Balaban J connectivity index is 0.00000272. The molecule has 1 aliphatic rings. The van der Waals surface area contributed by atoms with Crippen molar-refractivity contribution in [3.63, 3.8) is 0 Å². The van der Waals surface area contributed by atoms with Crippen molar-refractivity contribution >= 4 is 41.4 Å². The number of rotatable bonds is 6. The van der Waals surface area contributed by atoms with Gasteiger partial charge in [-0.3, -0.25) is 0 Å². The van der Waals surface area contributed by atoms with Crippen LogP contribution in [0.4, 0.5) is 11.5 Å². The summed E-state index contributed by atoms with van der Waals surface area (Å²) in [6.07, 6.45) is 1.80. The standard InChI is InChI=1S/C23H25N5O2.HI/c24-23(26-17-18-6-5-11-25-22(18)28-12-14-29-15-13-28)27-19-7-4-10-21(16-19)30-20-8-2-1-3-9-20;/h1-11,16H,12-15,17H2,(H3,24,26,27);1H. The van der Waals surface area contributed by atoms with Gasteiger partial charge >= 0.3 is 0 Å². The van der Waals surface area contributed by atoms with Gasteiger partial charge in [0.1, 0.15) is 17.3 Å². The van der Waals surface area contributed by atoms with Crippen LogP contribution in [0.15, 0.2) is 77.9 Å². The number of nitrogens with one attached hydrogen (secondary N) is 1. The number of para-hydroxylation sites is 1. The normalized spacial score (nSPS) is 13.9. The Morgan fingerprint density at radius 3 is 2.61 bits per heavy atom. The zero-order chi connectivity index (χ0) is 20.6. The summed E-state index contributed by atoms with van der Waals surface area (Å²) in [6, 6.07) is 21.2. The number of nitrogens with zero attached hydrogens (tertiary/aromatic N) is 3. The van der Waals surface area contributed by atoms with E-state index in [1.54, 1.807) is 6.20 Å². The molecule has 0 radical (unpaired) electrons. The number of hydrogen-bond acceptors (Lipinski definition) is 5. The highest BCUT2D eigenvalue weighted by Crippen LogP contribution is 2.24. The average molecular weight is 531 g/mol. The van der Waals surface area contributed by atoms with Gasteiger partial charge < -0.3 is 25.4 Å². The number of ether oxygens (including phenoxy) is 2. The van der Waals surface area contributed by atoms with E-state index in [9.17, 15) is 0 Å². The predicted molar refractivity (Wildman–Crippen MR) is 135 cm³/mol. The summed E-state index contributed by atoms with van der Waals surface area (Å²) in [6.45, 7) is 3.53. The fourth-order valence-corrected chi connectivity index (χ4v) is 3.23. The van der Waals surface area contributed by atoms with Gasteiger partial charge in [0.15, 0.2) is 5.96 Å². The number of guanidine groups is 1. The number of halogens is 1. The van der Waals surface area contributed by atoms with E-state index in [-0.39, 0.29) is 24.0 Å². The molecule has 0 spiro atoms. The van der Waals surface area contributed by atoms with E-state index in [2.05, 4.69) is 20.2 Å². The number of pyridine rings is 1. The fraction of sp³-hybridized carbons (Fsp3) is 0.217. The summed E-state index contributed by atoms with van der Waals surface area (Å²) >= 11 is 0. The molecule has 31 heavy (non-hydrogen) atoms. The largest absolute Gasteiger partial charge is 0.457 e. The van der Waals surface area contributed by atoms with E-state index in [1.165, 1.54) is 0 Å². The van der Waals surface area contributed by atoms with Gasteiger partial charge in [-0.05, 0) is 30.3 Å². The van der Waals surface area contributed by atoms with Crippen LogP contribution in [0.3, 0.4) is 0 Å². The van der Waals surface area contributed by atoms with Gasteiger partial charge in [-0.1, -0.05) is 30.3 Å². The molecule has 1 saturated heterocycles. The van der Waals surface area contributed by atoms with E-state index >= 15 is 0 Å². The molecule has 0 amide bonds. The predicted octanol–water partition coefficient (Wildman–Crippen LogP) is 4.26. The lowest BCUT2D eigenvalue weighted by Crippen LogP contribution is -2.37. The van der Waals surface area contributed by atoms with Gasteiger partial charge in [-0.25, -0.2) is 9.98 Å². The smallest absolute Gasteiger partial charge is 0.193 e. The number of benzene rings is 2. The minimum atomic E-state index is 0. The first-order valence-electron chi connectivity index (χ1n) is 9.94. The SMILES string of the molecule is I.NC(=NCc1cccnc1N1CCOCC1)Nc1cccc(Oc2ccccc2)c1. The maximum atomic E-state index is 6.13. The molecule has 1 aliphatic heterocycles. The van der Waals surface area contributed by atoms with E-state index < -0.39 is 0 Å². The third-order valence-electron chi connectivity index (χ3n) is 4.68. The molecule has 0 unspecified atom stereocenters. The van der Waals surface area contributed by atoms with Crippen LogP contribution in [0.25, 0.3) is 0 Å². The lowest BCUT2D eigenvalue weighted by Gasteiger charge is -2.29. The molecule has 1 aromatic heterocycles. The van der Waals surface area contributed by atoms with Gasteiger partial charge in [-0.2, -0.15) is 0 Å². The van der Waals surface area contributed by atoms with Gasteiger partial charge in [0.25, 0.3) is 0 Å². The lowest BCUT2D eigenvalue weighted by atomic mass is 10.2. The van der Waals surface area contributed by atoms with Gasteiger partial charge in [-0.15, -0.1) is 24.0 Å². The molecule has 8 heteroatoms. The Kier molecular flexibility index (Phi) is 8.48. The summed E-state index contributed by atoms with van der Waals surface area (Å²) in [4.78, 5) is 11.3. The summed E-state index contributed by atoms with van der Waals surface area (Å²) < 4.78 is 11.3.